The van der Waals surface area contributed by atoms with Gasteiger partial charge in [-0.25, -0.2) is 9.59 Å². The van der Waals surface area contributed by atoms with Gasteiger partial charge in [-0.2, -0.15) is 0 Å². The fraction of sp³-hybridized carbons (Fsp3) is 0.588. The third-order valence-corrected chi connectivity index (χ3v) is 4.02. The third kappa shape index (κ3) is 4.67. The average Bonchev–Trinajstić information content (AvgIpc) is 3.40. The third-order valence-electron chi connectivity index (χ3n) is 4.02. The van der Waals surface area contributed by atoms with Gasteiger partial charge in [0, 0.05) is 6.08 Å². The van der Waals surface area contributed by atoms with Crippen LogP contribution in [-0.2, 0) is 33.3 Å². The molecule has 1 heterocycles. The van der Waals surface area contributed by atoms with Gasteiger partial charge in [0.1, 0.15) is 25.9 Å². The molecule has 0 amide bonds. The Morgan fingerprint density at radius 2 is 2.04 bits per heavy atom. The molecule has 2 aliphatic rings. The minimum atomic E-state index is -1.05. The quantitative estimate of drug-likeness (QED) is 0.217. The predicted molar refractivity (Wildman–Crippen MR) is 82.9 cm³/mol. The normalized spacial score (nSPS) is 25.2. The molecule has 2 unspecified atom stereocenters. The Morgan fingerprint density at radius 1 is 1.33 bits per heavy atom. The van der Waals surface area contributed by atoms with Crippen LogP contribution in [0.4, 0.5) is 0 Å². The van der Waals surface area contributed by atoms with Crippen LogP contribution in [0.2, 0.25) is 0 Å². The molecule has 7 nitrogen and oxygen atoms in total. The lowest BCUT2D eigenvalue weighted by molar-refractivity contribution is -0.159. The summed E-state index contributed by atoms with van der Waals surface area (Å²) < 4.78 is 20.1. The van der Waals surface area contributed by atoms with Crippen LogP contribution in [0, 0.1) is 5.41 Å². The minimum Gasteiger partial charge on any atom is -0.461 e. The van der Waals surface area contributed by atoms with Crippen LogP contribution < -0.4 is 0 Å². The van der Waals surface area contributed by atoms with E-state index >= 15 is 0 Å². The van der Waals surface area contributed by atoms with Crippen LogP contribution in [0.15, 0.2) is 24.3 Å². The molecule has 0 aromatic carbocycles. The highest BCUT2D eigenvalue weighted by atomic mass is 16.6. The molecule has 0 aromatic heterocycles. The molecule has 7 heteroatoms. The summed E-state index contributed by atoms with van der Waals surface area (Å²) in [5.74, 6) is -1.62. The molecule has 1 fully saturated rings. The summed E-state index contributed by atoms with van der Waals surface area (Å²) in [5, 5.41) is 0. The van der Waals surface area contributed by atoms with E-state index in [4.69, 9.17) is 18.9 Å². The van der Waals surface area contributed by atoms with Crippen molar-refractivity contribution in [1.29, 1.82) is 0 Å². The van der Waals surface area contributed by atoms with Gasteiger partial charge in [-0.05, 0) is 26.2 Å². The molecule has 0 radical (unpaired) electrons. The van der Waals surface area contributed by atoms with Crippen molar-refractivity contribution in [2.45, 2.75) is 32.3 Å². The van der Waals surface area contributed by atoms with E-state index in [9.17, 15) is 14.4 Å². The van der Waals surface area contributed by atoms with E-state index in [1.54, 1.807) is 13.0 Å². The van der Waals surface area contributed by atoms with Gasteiger partial charge in [-0.3, -0.25) is 4.79 Å². The highest BCUT2D eigenvalue weighted by molar-refractivity contribution is 5.98. The van der Waals surface area contributed by atoms with Gasteiger partial charge in [0.05, 0.1) is 17.6 Å². The number of epoxide rings is 1. The summed E-state index contributed by atoms with van der Waals surface area (Å²) in [4.78, 5) is 35.7. The molecule has 2 atom stereocenters. The van der Waals surface area contributed by atoms with Crippen LogP contribution in [0.5, 0.6) is 0 Å². The number of allylic oxidation sites excluding steroid dienone is 1. The van der Waals surface area contributed by atoms with E-state index in [2.05, 4.69) is 6.58 Å². The Morgan fingerprint density at radius 3 is 2.71 bits per heavy atom. The van der Waals surface area contributed by atoms with E-state index in [0.717, 1.165) is 12.5 Å². The number of hydrogen-bond acceptors (Lipinski definition) is 7. The monoisotopic (exact) mass is 338 g/mol. The SMILES string of the molecule is C=CC(=O)OCCOC(=O)C1(C)CCCC=C1C(=O)OCC1CO1. The fourth-order valence-corrected chi connectivity index (χ4v) is 2.49. The van der Waals surface area contributed by atoms with Crippen molar-refractivity contribution >= 4 is 17.9 Å². The van der Waals surface area contributed by atoms with Crippen LogP contribution >= 0.6 is 0 Å². The summed E-state index contributed by atoms with van der Waals surface area (Å²) in [6.45, 7) is 5.59. The maximum absolute atomic E-state index is 12.4. The zero-order chi connectivity index (χ0) is 17.6. The molecule has 1 aliphatic heterocycles. The first-order valence-corrected chi connectivity index (χ1v) is 7.93. The van der Waals surface area contributed by atoms with E-state index in [-0.39, 0.29) is 25.9 Å². The van der Waals surface area contributed by atoms with Crippen molar-refractivity contribution in [3.63, 3.8) is 0 Å². The Balaban J connectivity index is 1.90. The van der Waals surface area contributed by atoms with Gasteiger partial charge in [-0.1, -0.05) is 12.7 Å². The molecule has 2 rings (SSSR count). The lowest BCUT2D eigenvalue weighted by Gasteiger charge is -2.31. The first kappa shape index (κ1) is 18.2. The lowest BCUT2D eigenvalue weighted by Crippen LogP contribution is -2.38. The second-order valence-corrected chi connectivity index (χ2v) is 5.90. The van der Waals surface area contributed by atoms with Gasteiger partial charge in [-0.15, -0.1) is 0 Å². The van der Waals surface area contributed by atoms with Crippen molar-refractivity contribution in [2.75, 3.05) is 26.4 Å². The van der Waals surface area contributed by atoms with Crippen molar-refractivity contribution in [3.05, 3.63) is 24.3 Å². The highest BCUT2D eigenvalue weighted by Crippen LogP contribution is 2.39. The molecule has 0 bridgehead atoms. The van der Waals surface area contributed by atoms with Crippen LogP contribution in [0.3, 0.4) is 0 Å². The van der Waals surface area contributed by atoms with Gasteiger partial charge >= 0.3 is 17.9 Å². The maximum atomic E-state index is 12.4. The molecule has 0 saturated carbocycles. The van der Waals surface area contributed by atoms with E-state index < -0.39 is 23.3 Å². The molecule has 0 spiro atoms. The summed E-state index contributed by atoms with van der Waals surface area (Å²) >= 11 is 0. The molecule has 132 valence electrons. The number of carbonyl (C=O) groups is 3. The van der Waals surface area contributed by atoms with Crippen LogP contribution in [0.1, 0.15) is 26.2 Å². The van der Waals surface area contributed by atoms with Gasteiger partial charge in [0.15, 0.2) is 0 Å². The number of rotatable bonds is 8. The van der Waals surface area contributed by atoms with Gasteiger partial charge in [0.25, 0.3) is 0 Å². The predicted octanol–water partition coefficient (Wildman–Crippen LogP) is 1.32. The number of carbonyl (C=O) groups excluding carboxylic acids is 3. The van der Waals surface area contributed by atoms with Crippen molar-refractivity contribution < 1.29 is 33.3 Å². The largest absolute Gasteiger partial charge is 0.461 e. The molecule has 1 aliphatic carbocycles. The number of ether oxygens (including phenoxy) is 4. The zero-order valence-corrected chi connectivity index (χ0v) is 13.7. The fourth-order valence-electron chi connectivity index (χ4n) is 2.49. The standard InChI is InChI=1S/C17H22O7/c1-3-14(18)21-8-9-22-16(20)17(2)7-5-4-6-13(17)15(19)24-11-12-10-23-12/h3,6,12H,1,4-5,7-11H2,2H3. The van der Waals surface area contributed by atoms with Crippen molar-refractivity contribution in [2.24, 2.45) is 5.41 Å². The topological polar surface area (TPSA) is 91.4 Å². The first-order chi connectivity index (χ1) is 11.5. The van der Waals surface area contributed by atoms with Gasteiger partial charge < -0.3 is 18.9 Å². The summed E-state index contributed by atoms with van der Waals surface area (Å²) in [7, 11) is 0. The first-order valence-electron chi connectivity index (χ1n) is 7.93. The van der Waals surface area contributed by atoms with Crippen LogP contribution in [0.25, 0.3) is 0 Å². The van der Waals surface area contributed by atoms with Crippen molar-refractivity contribution in [1.82, 2.24) is 0 Å². The number of hydrogen-bond donors (Lipinski definition) is 0. The maximum Gasteiger partial charge on any atom is 0.334 e. The molecular formula is C17H22O7. The Kier molecular flexibility index (Phi) is 6.14. The summed E-state index contributed by atoms with van der Waals surface area (Å²) in [5.41, 5.74) is -0.732. The number of esters is 3. The van der Waals surface area contributed by atoms with E-state index in [1.165, 1.54) is 0 Å². The van der Waals surface area contributed by atoms with Crippen molar-refractivity contribution in [3.8, 4) is 0 Å². The Bertz CT molecular complexity index is 547. The molecular weight excluding hydrogens is 316 g/mol. The minimum absolute atomic E-state index is 0.0316. The lowest BCUT2D eigenvalue weighted by atomic mass is 9.74. The summed E-state index contributed by atoms with van der Waals surface area (Å²) in [6, 6.07) is 0. The molecule has 0 aromatic rings. The average molecular weight is 338 g/mol. The van der Waals surface area contributed by atoms with Gasteiger partial charge in [0.2, 0.25) is 0 Å². The zero-order valence-electron chi connectivity index (χ0n) is 13.7. The Labute approximate surface area is 140 Å². The summed E-state index contributed by atoms with van der Waals surface area (Å²) in [6.07, 6.45) is 4.72. The smallest absolute Gasteiger partial charge is 0.334 e. The molecule has 1 saturated heterocycles. The van der Waals surface area contributed by atoms with Crippen LogP contribution in [-0.4, -0.2) is 50.4 Å². The second kappa shape index (κ2) is 8.10. The van der Waals surface area contributed by atoms with E-state index in [1.807, 2.05) is 0 Å². The second-order valence-electron chi connectivity index (χ2n) is 5.90. The molecule has 0 N–H and O–H groups in total. The Hall–Kier alpha value is -2.15. The molecule has 24 heavy (non-hydrogen) atoms. The highest BCUT2D eigenvalue weighted by Gasteiger charge is 2.44. The van der Waals surface area contributed by atoms with E-state index in [0.29, 0.717) is 25.0 Å².